The molecule has 1 atom stereocenters. The Morgan fingerprint density at radius 3 is 2.33 bits per heavy atom. The molecule has 0 aromatic rings. The molecule has 0 aromatic heterocycles. The van der Waals surface area contributed by atoms with Gasteiger partial charge < -0.3 is 5.32 Å². The normalized spacial score (nSPS) is 13.9. The number of likely N-dealkylation sites (N-methyl/N-ethyl adjacent to an activating group) is 1. The summed E-state index contributed by atoms with van der Waals surface area (Å²) in [5, 5.41) is 2.71. The van der Waals surface area contributed by atoms with Crippen LogP contribution in [0, 0.1) is 0 Å². The summed E-state index contributed by atoms with van der Waals surface area (Å²) in [6.07, 6.45) is 0.829. The van der Waals surface area contributed by atoms with Crippen LogP contribution in [0.3, 0.4) is 0 Å². The third-order valence-corrected chi connectivity index (χ3v) is 4.03. The molecule has 0 aliphatic heterocycles. The molecule has 0 rings (SSSR count). The lowest BCUT2D eigenvalue weighted by molar-refractivity contribution is -0.121. The smallest absolute Gasteiger partial charge is 0.235 e. The highest BCUT2D eigenvalue weighted by molar-refractivity contribution is 7.89. The van der Waals surface area contributed by atoms with E-state index in [1.807, 2.05) is 13.8 Å². The van der Waals surface area contributed by atoms with E-state index in [2.05, 4.69) is 5.32 Å². The van der Waals surface area contributed by atoms with E-state index in [1.165, 1.54) is 7.05 Å². The van der Waals surface area contributed by atoms with Crippen molar-refractivity contribution in [2.24, 2.45) is 0 Å². The lowest BCUT2D eigenvalue weighted by Crippen LogP contribution is -2.41. The number of nitrogens with one attached hydrogen (secondary N) is 1. The van der Waals surface area contributed by atoms with E-state index in [-0.39, 0.29) is 24.2 Å². The summed E-state index contributed by atoms with van der Waals surface area (Å²) in [5.74, 6) is -0.246. The summed E-state index contributed by atoms with van der Waals surface area (Å²) in [5.41, 5.74) is 0. The van der Waals surface area contributed by atoms with Crippen molar-refractivity contribution in [1.29, 1.82) is 0 Å². The second-order valence-electron chi connectivity index (χ2n) is 3.53. The molecular weight excluding hydrogens is 216 g/mol. The van der Waals surface area contributed by atoms with Gasteiger partial charge in [-0.1, -0.05) is 6.92 Å². The van der Waals surface area contributed by atoms with Crippen LogP contribution in [0.2, 0.25) is 0 Å². The molecule has 0 spiro atoms. The first-order chi connectivity index (χ1) is 6.83. The molecule has 15 heavy (non-hydrogen) atoms. The van der Waals surface area contributed by atoms with Gasteiger partial charge in [-0.25, -0.2) is 8.42 Å². The predicted molar refractivity (Wildman–Crippen MR) is 60.0 cm³/mol. The van der Waals surface area contributed by atoms with Crippen LogP contribution in [0.1, 0.15) is 27.2 Å². The molecule has 6 heteroatoms. The number of hydrogen-bond acceptors (Lipinski definition) is 3. The van der Waals surface area contributed by atoms with Crippen LogP contribution in [0.4, 0.5) is 0 Å². The summed E-state index contributed by atoms with van der Waals surface area (Å²) in [6.45, 7) is 5.28. The van der Waals surface area contributed by atoms with Gasteiger partial charge in [-0.3, -0.25) is 4.79 Å². The van der Waals surface area contributed by atoms with Crippen molar-refractivity contribution in [3.63, 3.8) is 0 Å². The van der Waals surface area contributed by atoms with Crippen molar-refractivity contribution in [1.82, 2.24) is 9.62 Å². The Balaban J connectivity index is 4.19. The minimum atomic E-state index is -3.26. The van der Waals surface area contributed by atoms with Gasteiger partial charge in [-0.05, 0) is 20.3 Å². The SMILES string of the molecule is CC[C@H](C)NC(=O)CN(C)S(=O)(=O)CC. The highest BCUT2D eigenvalue weighted by Crippen LogP contribution is 1.97. The largest absolute Gasteiger partial charge is 0.353 e. The summed E-state index contributed by atoms with van der Waals surface area (Å²) < 4.78 is 23.7. The number of amides is 1. The molecule has 0 radical (unpaired) electrons. The number of hydrogen-bond donors (Lipinski definition) is 1. The molecular formula is C9H20N2O3S. The first-order valence-corrected chi connectivity index (χ1v) is 6.67. The van der Waals surface area contributed by atoms with Gasteiger partial charge in [0.25, 0.3) is 0 Å². The maximum Gasteiger partial charge on any atom is 0.235 e. The second-order valence-corrected chi connectivity index (χ2v) is 5.90. The minimum absolute atomic E-state index is 0.0140. The van der Waals surface area contributed by atoms with Crippen molar-refractivity contribution >= 4 is 15.9 Å². The molecule has 5 nitrogen and oxygen atoms in total. The lowest BCUT2D eigenvalue weighted by atomic mass is 10.2. The number of rotatable bonds is 6. The van der Waals surface area contributed by atoms with Crippen LogP contribution < -0.4 is 5.32 Å². The molecule has 90 valence electrons. The van der Waals surface area contributed by atoms with Crippen LogP contribution in [0.5, 0.6) is 0 Å². The lowest BCUT2D eigenvalue weighted by Gasteiger charge is -2.17. The van der Waals surface area contributed by atoms with E-state index < -0.39 is 10.0 Å². The van der Waals surface area contributed by atoms with Gasteiger partial charge in [0.1, 0.15) is 0 Å². The molecule has 0 unspecified atom stereocenters. The average molecular weight is 236 g/mol. The van der Waals surface area contributed by atoms with E-state index in [9.17, 15) is 13.2 Å². The van der Waals surface area contributed by atoms with Gasteiger partial charge in [-0.2, -0.15) is 4.31 Å². The predicted octanol–water partition coefficient (Wildman–Crippen LogP) is 0.183. The minimum Gasteiger partial charge on any atom is -0.353 e. The van der Waals surface area contributed by atoms with Gasteiger partial charge in [-0.15, -0.1) is 0 Å². The van der Waals surface area contributed by atoms with Gasteiger partial charge in [0.05, 0.1) is 12.3 Å². The quantitative estimate of drug-likeness (QED) is 0.715. The first-order valence-electron chi connectivity index (χ1n) is 5.06. The number of sulfonamides is 1. The van der Waals surface area contributed by atoms with Gasteiger partial charge in [0, 0.05) is 13.1 Å². The summed E-state index contributed by atoms with van der Waals surface area (Å²) >= 11 is 0. The van der Waals surface area contributed by atoms with E-state index in [0.29, 0.717) is 0 Å². The molecule has 0 aliphatic carbocycles. The van der Waals surface area contributed by atoms with Crippen molar-refractivity contribution < 1.29 is 13.2 Å². The molecule has 0 fully saturated rings. The van der Waals surface area contributed by atoms with E-state index >= 15 is 0 Å². The third-order valence-electron chi connectivity index (χ3n) is 2.23. The Hall–Kier alpha value is -0.620. The number of nitrogens with zero attached hydrogens (tertiary/aromatic N) is 1. The molecule has 1 amide bonds. The molecule has 0 aliphatic rings. The van der Waals surface area contributed by atoms with Crippen molar-refractivity contribution in [3.8, 4) is 0 Å². The Morgan fingerprint density at radius 1 is 1.40 bits per heavy atom. The van der Waals surface area contributed by atoms with E-state index in [1.54, 1.807) is 6.92 Å². The molecule has 0 saturated heterocycles. The number of carbonyl (C=O) groups is 1. The number of carbonyl (C=O) groups excluding carboxylic acids is 1. The Bertz CT molecular complexity index is 300. The second kappa shape index (κ2) is 6.07. The summed E-state index contributed by atoms with van der Waals surface area (Å²) in [4.78, 5) is 11.4. The summed E-state index contributed by atoms with van der Waals surface area (Å²) in [6, 6.07) is 0.0789. The molecule has 0 aromatic carbocycles. The van der Waals surface area contributed by atoms with Crippen LogP contribution >= 0.6 is 0 Å². The highest BCUT2D eigenvalue weighted by atomic mass is 32.2. The summed E-state index contributed by atoms with van der Waals surface area (Å²) in [7, 11) is -1.85. The molecule has 0 saturated carbocycles. The fourth-order valence-electron chi connectivity index (χ4n) is 0.943. The molecule has 0 heterocycles. The monoisotopic (exact) mass is 236 g/mol. The average Bonchev–Trinajstić information content (AvgIpc) is 2.17. The Labute approximate surface area is 91.9 Å². The Morgan fingerprint density at radius 2 is 1.93 bits per heavy atom. The van der Waals surface area contributed by atoms with Crippen molar-refractivity contribution in [2.45, 2.75) is 33.2 Å². The van der Waals surface area contributed by atoms with Gasteiger partial charge in [0.2, 0.25) is 15.9 Å². The topological polar surface area (TPSA) is 66.5 Å². The maximum atomic E-state index is 11.4. The fourth-order valence-corrected chi connectivity index (χ4v) is 1.70. The zero-order chi connectivity index (χ0) is 12.1. The maximum absolute atomic E-state index is 11.4. The fraction of sp³-hybridized carbons (Fsp3) is 0.889. The van der Waals surface area contributed by atoms with Gasteiger partial charge in [0.15, 0.2) is 0 Å². The zero-order valence-electron chi connectivity index (χ0n) is 9.78. The van der Waals surface area contributed by atoms with Crippen LogP contribution in [-0.4, -0.2) is 44.0 Å². The molecule has 1 N–H and O–H groups in total. The first kappa shape index (κ1) is 14.4. The van der Waals surface area contributed by atoms with E-state index in [4.69, 9.17) is 0 Å². The van der Waals surface area contributed by atoms with Gasteiger partial charge >= 0.3 is 0 Å². The Kier molecular flexibility index (Phi) is 5.82. The molecule has 0 bridgehead atoms. The van der Waals surface area contributed by atoms with Crippen LogP contribution in [0.25, 0.3) is 0 Å². The highest BCUT2D eigenvalue weighted by Gasteiger charge is 2.18. The van der Waals surface area contributed by atoms with Crippen LogP contribution in [0.15, 0.2) is 0 Å². The zero-order valence-corrected chi connectivity index (χ0v) is 10.6. The van der Waals surface area contributed by atoms with Crippen molar-refractivity contribution in [2.75, 3.05) is 19.3 Å². The third kappa shape index (κ3) is 5.13. The van der Waals surface area contributed by atoms with Crippen LogP contribution in [-0.2, 0) is 14.8 Å². The van der Waals surface area contributed by atoms with Crippen molar-refractivity contribution in [3.05, 3.63) is 0 Å². The standard InChI is InChI=1S/C9H20N2O3S/c1-5-8(3)10-9(12)7-11(4)15(13,14)6-2/h8H,5-7H2,1-4H3,(H,10,12)/t8-/m0/s1. The van der Waals surface area contributed by atoms with E-state index in [0.717, 1.165) is 10.7 Å².